The van der Waals surface area contributed by atoms with Crippen molar-refractivity contribution in [3.63, 3.8) is 0 Å². The van der Waals surface area contributed by atoms with Gasteiger partial charge in [0.25, 0.3) is 0 Å². The summed E-state index contributed by atoms with van der Waals surface area (Å²) < 4.78 is 0. The molecule has 0 bridgehead atoms. The van der Waals surface area contributed by atoms with E-state index in [-0.39, 0.29) is 0 Å². The fourth-order valence-corrected chi connectivity index (χ4v) is 4.29. The number of aromatic amines is 2. The summed E-state index contributed by atoms with van der Waals surface area (Å²) in [6, 6.07) is 10.7. The summed E-state index contributed by atoms with van der Waals surface area (Å²) in [6.45, 7) is 4.23. The lowest BCUT2D eigenvalue weighted by atomic mass is 10.1. The van der Waals surface area contributed by atoms with E-state index < -0.39 is 0 Å². The van der Waals surface area contributed by atoms with Crippen molar-refractivity contribution < 1.29 is 0 Å². The lowest BCUT2D eigenvalue weighted by molar-refractivity contribution is 0.313. The van der Waals surface area contributed by atoms with Crippen LogP contribution in [0.1, 0.15) is 0 Å². The quantitative estimate of drug-likeness (QED) is 0.474. The van der Waals surface area contributed by atoms with Gasteiger partial charge in [0, 0.05) is 72.3 Å². The number of anilines is 1. The third-order valence-corrected chi connectivity index (χ3v) is 6.02. The predicted octanol–water partition coefficient (Wildman–Crippen LogP) is 3.32. The summed E-state index contributed by atoms with van der Waals surface area (Å²) in [6.07, 6.45) is 6.89. The summed E-state index contributed by atoms with van der Waals surface area (Å²) in [5.41, 5.74) is 6.70. The molecular weight excluding hydrogens is 388 g/mol. The highest BCUT2D eigenvalue weighted by Gasteiger charge is 2.19. The molecule has 5 heterocycles. The minimum atomic E-state index is 0.681. The third kappa shape index (κ3) is 3.12. The molecular formula is C23H22N8. The van der Waals surface area contributed by atoms with E-state index in [1.807, 2.05) is 0 Å². The Morgan fingerprint density at radius 1 is 0.935 bits per heavy atom. The summed E-state index contributed by atoms with van der Waals surface area (Å²) in [4.78, 5) is 21.5. The number of pyridine rings is 1. The molecule has 8 nitrogen and oxygen atoms in total. The molecule has 0 unspecified atom stereocenters. The maximum atomic E-state index is 4.52. The summed E-state index contributed by atoms with van der Waals surface area (Å²) in [5, 5.41) is 9.77. The minimum Gasteiger partial charge on any atom is -0.368 e. The molecule has 1 fully saturated rings. The van der Waals surface area contributed by atoms with Crippen LogP contribution in [-0.4, -0.2) is 68.3 Å². The van der Waals surface area contributed by atoms with Crippen LogP contribution in [0.3, 0.4) is 0 Å². The molecule has 1 aliphatic heterocycles. The molecule has 1 aliphatic rings. The lowest BCUT2D eigenvalue weighted by Crippen LogP contribution is -2.44. The number of hydrogen-bond donors (Lipinski definition) is 2. The number of nitrogens with zero attached hydrogens (tertiary/aromatic N) is 6. The summed E-state index contributed by atoms with van der Waals surface area (Å²) in [7, 11) is 2.18. The first-order valence-electron chi connectivity index (χ1n) is 10.4. The van der Waals surface area contributed by atoms with Gasteiger partial charge in [-0.15, -0.1) is 0 Å². The van der Waals surface area contributed by atoms with Crippen molar-refractivity contribution in [2.45, 2.75) is 0 Å². The molecule has 0 saturated carbocycles. The van der Waals surface area contributed by atoms with Crippen LogP contribution in [0.2, 0.25) is 0 Å². The van der Waals surface area contributed by atoms with Gasteiger partial charge in [-0.3, -0.25) is 15.1 Å². The van der Waals surface area contributed by atoms with E-state index in [1.165, 1.54) is 11.1 Å². The SMILES string of the molecule is CN1CCN(c2cccc3[nH]c(-c4[nH]nc5ncc(-c6cnccn6)cc45)cc23)CC1. The van der Waals surface area contributed by atoms with Crippen LogP contribution in [0.15, 0.2) is 55.1 Å². The zero-order chi connectivity index (χ0) is 20.8. The number of piperazine rings is 1. The van der Waals surface area contributed by atoms with E-state index in [2.05, 4.69) is 77.3 Å². The smallest absolute Gasteiger partial charge is 0.181 e. The van der Waals surface area contributed by atoms with Gasteiger partial charge in [0.2, 0.25) is 0 Å². The van der Waals surface area contributed by atoms with E-state index in [0.29, 0.717) is 5.65 Å². The van der Waals surface area contributed by atoms with Crippen LogP contribution in [0.4, 0.5) is 5.69 Å². The number of aromatic nitrogens is 6. The van der Waals surface area contributed by atoms with Crippen molar-refractivity contribution in [1.82, 2.24) is 35.0 Å². The van der Waals surface area contributed by atoms with Crippen molar-refractivity contribution in [3.8, 4) is 22.6 Å². The maximum Gasteiger partial charge on any atom is 0.181 e. The fourth-order valence-electron chi connectivity index (χ4n) is 4.29. The summed E-state index contributed by atoms with van der Waals surface area (Å²) in [5.74, 6) is 0. The minimum absolute atomic E-state index is 0.681. The van der Waals surface area contributed by atoms with Crippen molar-refractivity contribution >= 4 is 27.6 Å². The maximum absolute atomic E-state index is 4.52. The molecule has 4 aromatic heterocycles. The molecule has 0 spiro atoms. The Bertz CT molecular complexity index is 1360. The number of likely N-dealkylation sites (N-methyl/N-ethyl adjacent to an activating group) is 1. The van der Waals surface area contributed by atoms with Gasteiger partial charge < -0.3 is 14.8 Å². The van der Waals surface area contributed by atoms with Crippen LogP contribution < -0.4 is 4.90 Å². The number of hydrogen-bond acceptors (Lipinski definition) is 6. The van der Waals surface area contributed by atoms with E-state index >= 15 is 0 Å². The second kappa shape index (κ2) is 7.17. The average Bonchev–Trinajstić information content (AvgIpc) is 3.43. The van der Waals surface area contributed by atoms with Crippen LogP contribution in [0, 0.1) is 0 Å². The van der Waals surface area contributed by atoms with E-state index in [4.69, 9.17) is 0 Å². The Morgan fingerprint density at radius 3 is 2.68 bits per heavy atom. The molecule has 0 atom stereocenters. The molecule has 0 aliphatic carbocycles. The van der Waals surface area contributed by atoms with Crippen molar-refractivity contribution in [3.05, 3.63) is 55.1 Å². The highest BCUT2D eigenvalue weighted by molar-refractivity contribution is 6.00. The molecule has 2 N–H and O–H groups in total. The predicted molar refractivity (Wildman–Crippen MR) is 122 cm³/mol. The third-order valence-electron chi connectivity index (χ3n) is 6.02. The highest BCUT2D eigenvalue weighted by Crippen LogP contribution is 2.34. The molecule has 31 heavy (non-hydrogen) atoms. The topological polar surface area (TPSA) is 89.6 Å². The van der Waals surface area contributed by atoms with Crippen molar-refractivity contribution in [1.29, 1.82) is 0 Å². The molecule has 6 rings (SSSR count). The van der Waals surface area contributed by atoms with E-state index in [9.17, 15) is 0 Å². The van der Waals surface area contributed by atoms with Gasteiger partial charge in [-0.05, 0) is 31.3 Å². The van der Waals surface area contributed by atoms with E-state index in [1.54, 1.807) is 24.8 Å². The van der Waals surface area contributed by atoms with Gasteiger partial charge in [0.15, 0.2) is 5.65 Å². The van der Waals surface area contributed by atoms with Gasteiger partial charge >= 0.3 is 0 Å². The van der Waals surface area contributed by atoms with Gasteiger partial charge in [-0.25, -0.2) is 4.98 Å². The Morgan fingerprint density at radius 2 is 1.84 bits per heavy atom. The first kappa shape index (κ1) is 18.0. The second-order valence-electron chi connectivity index (χ2n) is 8.00. The van der Waals surface area contributed by atoms with Crippen LogP contribution >= 0.6 is 0 Å². The standard InChI is InChI=1S/C23H22N8/c1-30-7-9-31(10-8-30)21-4-2-3-18-16(21)12-19(27-18)22-17-11-15(13-26-23(17)29-28-22)20-14-24-5-6-25-20/h2-6,11-14,27H,7-10H2,1H3,(H,26,28,29). The number of benzene rings is 1. The monoisotopic (exact) mass is 410 g/mol. The van der Waals surface area contributed by atoms with Crippen molar-refractivity contribution in [2.24, 2.45) is 0 Å². The first-order chi connectivity index (χ1) is 15.3. The molecule has 154 valence electrons. The second-order valence-corrected chi connectivity index (χ2v) is 8.00. The number of nitrogens with one attached hydrogen (secondary N) is 2. The zero-order valence-corrected chi connectivity index (χ0v) is 17.2. The highest BCUT2D eigenvalue weighted by atomic mass is 15.2. The average molecular weight is 410 g/mol. The Balaban J connectivity index is 1.44. The summed E-state index contributed by atoms with van der Waals surface area (Å²) >= 11 is 0. The van der Waals surface area contributed by atoms with E-state index in [0.717, 1.165) is 59.7 Å². The molecule has 0 radical (unpaired) electrons. The fraction of sp³-hybridized carbons (Fsp3) is 0.217. The van der Waals surface area contributed by atoms with Crippen molar-refractivity contribution in [2.75, 3.05) is 38.1 Å². The van der Waals surface area contributed by atoms with Gasteiger partial charge in [-0.2, -0.15) is 5.10 Å². The van der Waals surface area contributed by atoms with Gasteiger partial charge in [0.05, 0.1) is 23.3 Å². The van der Waals surface area contributed by atoms with Crippen LogP contribution in [-0.2, 0) is 0 Å². The Hall–Kier alpha value is -3.78. The lowest BCUT2D eigenvalue weighted by Gasteiger charge is -2.34. The molecule has 1 aromatic carbocycles. The van der Waals surface area contributed by atoms with Crippen LogP contribution in [0.25, 0.3) is 44.6 Å². The van der Waals surface area contributed by atoms with Gasteiger partial charge in [0.1, 0.15) is 0 Å². The molecule has 8 heteroatoms. The molecule has 1 saturated heterocycles. The number of fused-ring (bicyclic) bond motifs is 2. The van der Waals surface area contributed by atoms with Crippen LogP contribution in [0.5, 0.6) is 0 Å². The zero-order valence-electron chi connectivity index (χ0n) is 17.2. The molecule has 5 aromatic rings. The number of rotatable bonds is 3. The largest absolute Gasteiger partial charge is 0.368 e. The molecule has 0 amide bonds. The number of H-pyrrole nitrogens is 2. The Labute approximate surface area is 179 Å². The van der Waals surface area contributed by atoms with Gasteiger partial charge in [-0.1, -0.05) is 6.07 Å². The normalized spacial score (nSPS) is 15.2. The Kier molecular flexibility index (Phi) is 4.17. The first-order valence-corrected chi connectivity index (χ1v) is 10.4.